The molecule has 0 amide bonds. The molecule has 3 aromatic rings. The molecule has 7 nitrogen and oxygen atoms in total. The second kappa shape index (κ2) is 6.86. The van der Waals surface area contributed by atoms with Crippen molar-refractivity contribution in [2.45, 2.75) is 13.5 Å². The number of nitrogens with two attached hydrogens (primary N) is 1. The fourth-order valence-corrected chi connectivity index (χ4v) is 3.66. The molecule has 0 saturated carbocycles. The van der Waals surface area contributed by atoms with Crippen molar-refractivity contribution in [2.24, 2.45) is 0 Å². The molecule has 1 aromatic carbocycles. The highest BCUT2D eigenvalue weighted by Crippen LogP contribution is 2.27. The maximum atomic E-state index is 11.2. The third-order valence-corrected chi connectivity index (χ3v) is 5.03. The number of imidazole rings is 1. The first-order valence-corrected chi connectivity index (χ1v) is 8.99. The summed E-state index contributed by atoms with van der Waals surface area (Å²) in [5.41, 5.74) is 4.92. The van der Waals surface area contributed by atoms with Crippen LogP contribution in [0, 0.1) is 17.0 Å². The van der Waals surface area contributed by atoms with Gasteiger partial charge in [0, 0.05) is 23.9 Å². The molecular weight excluding hydrogens is 330 g/mol. The van der Waals surface area contributed by atoms with Gasteiger partial charge in [-0.2, -0.15) is 0 Å². The number of non-ortho nitro benzene ring substituents is 1. The Labute approximate surface area is 151 Å². The molecule has 26 heavy (non-hydrogen) atoms. The van der Waals surface area contributed by atoms with E-state index in [1.165, 1.54) is 11.0 Å². The van der Waals surface area contributed by atoms with Crippen LogP contribution in [-0.2, 0) is 6.54 Å². The maximum Gasteiger partial charge on any atom is 0.270 e. The molecule has 4 rings (SSSR count). The molecule has 0 spiro atoms. The standard InChI is InChI=1S/C19H21N5O2/c1-14-5-8-23-17(13-22-9-6-20-7-10-22)19(21-18(23)11-14)15-3-2-4-16(12-15)24(25)26/h2-5,8,11-12,20H,6-7,9-10,13H2,1H3/p+2. The lowest BCUT2D eigenvalue weighted by atomic mass is 10.1. The molecule has 7 heteroatoms. The molecule has 0 bridgehead atoms. The van der Waals surface area contributed by atoms with E-state index in [4.69, 9.17) is 4.98 Å². The Morgan fingerprint density at radius 1 is 1.27 bits per heavy atom. The predicted octanol–water partition coefficient (Wildman–Crippen LogP) is 0.180. The second-order valence-corrected chi connectivity index (χ2v) is 6.94. The Bertz CT molecular complexity index is 960. The fourth-order valence-electron chi connectivity index (χ4n) is 3.66. The largest absolute Gasteiger partial charge is 0.337 e. The van der Waals surface area contributed by atoms with Gasteiger partial charge in [-0.15, -0.1) is 0 Å². The molecule has 3 N–H and O–H groups in total. The Morgan fingerprint density at radius 3 is 2.85 bits per heavy atom. The number of hydrogen-bond donors (Lipinski definition) is 2. The lowest BCUT2D eigenvalue weighted by Crippen LogP contribution is -3.19. The zero-order chi connectivity index (χ0) is 18.1. The van der Waals surface area contributed by atoms with Gasteiger partial charge in [0.15, 0.2) is 0 Å². The summed E-state index contributed by atoms with van der Waals surface area (Å²) in [6, 6.07) is 10.9. The number of fused-ring (bicyclic) bond motifs is 1. The Hall–Kier alpha value is -2.77. The average molecular weight is 353 g/mol. The number of rotatable bonds is 4. The van der Waals surface area contributed by atoms with Crippen LogP contribution >= 0.6 is 0 Å². The molecule has 1 fully saturated rings. The zero-order valence-corrected chi connectivity index (χ0v) is 14.8. The lowest BCUT2D eigenvalue weighted by Gasteiger charge is -2.22. The van der Waals surface area contributed by atoms with Crippen molar-refractivity contribution < 1.29 is 15.1 Å². The molecule has 0 unspecified atom stereocenters. The van der Waals surface area contributed by atoms with E-state index >= 15 is 0 Å². The van der Waals surface area contributed by atoms with Gasteiger partial charge in [0.05, 0.1) is 10.6 Å². The first-order valence-electron chi connectivity index (χ1n) is 8.99. The summed E-state index contributed by atoms with van der Waals surface area (Å²) in [7, 11) is 0. The summed E-state index contributed by atoms with van der Waals surface area (Å²) in [6.07, 6.45) is 2.06. The topological polar surface area (TPSA) is 81.5 Å². The number of aromatic nitrogens is 2. The summed E-state index contributed by atoms with van der Waals surface area (Å²) >= 11 is 0. The van der Waals surface area contributed by atoms with Gasteiger partial charge in [-0.1, -0.05) is 12.1 Å². The van der Waals surface area contributed by atoms with Crippen LogP contribution in [0.5, 0.6) is 0 Å². The van der Waals surface area contributed by atoms with E-state index in [0.29, 0.717) is 0 Å². The number of aryl methyl sites for hydroxylation is 1. The van der Waals surface area contributed by atoms with E-state index < -0.39 is 0 Å². The first-order chi connectivity index (χ1) is 12.6. The first kappa shape index (κ1) is 16.7. The number of nitrogens with zero attached hydrogens (tertiary/aromatic N) is 3. The van der Waals surface area contributed by atoms with E-state index in [-0.39, 0.29) is 10.6 Å². The van der Waals surface area contributed by atoms with Gasteiger partial charge in [0.2, 0.25) is 0 Å². The van der Waals surface area contributed by atoms with Crippen LogP contribution in [0.3, 0.4) is 0 Å². The van der Waals surface area contributed by atoms with Crippen molar-refractivity contribution in [1.82, 2.24) is 9.38 Å². The normalized spacial score (nSPS) is 15.4. The minimum atomic E-state index is -0.352. The Balaban J connectivity index is 1.83. The number of nitrogens with one attached hydrogen (secondary N) is 1. The summed E-state index contributed by atoms with van der Waals surface area (Å²) in [5, 5.41) is 13.5. The monoisotopic (exact) mass is 353 g/mol. The minimum absolute atomic E-state index is 0.0987. The quantitative estimate of drug-likeness (QED) is 0.519. The van der Waals surface area contributed by atoms with Gasteiger partial charge in [-0.3, -0.25) is 14.5 Å². The van der Waals surface area contributed by atoms with Crippen LogP contribution in [0.4, 0.5) is 5.69 Å². The van der Waals surface area contributed by atoms with Gasteiger partial charge in [0.25, 0.3) is 5.69 Å². The number of benzene rings is 1. The molecule has 1 saturated heterocycles. The number of nitro groups is 1. The van der Waals surface area contributed by atoms with Crippen LogP contribution < -0.4 is 10.2 Å². The minimum Gasteiger partial charge on any atom is -0.337 e. The van der Waals surface area contributed by atoms with Crippen LogP contribution in [0.2, 0.25) is 0 Å². The molecule has 134 valence electrons. The molecule has 1 aliphatic rings. The third-order valence-electron chi connectivity index (χ3n) is 5.03. The van der Waals surface area contributed by atoms with Gasteiger partial charge in [0.1, 0.15) is 44.1 Å². The van der Waals surface area contributed by atoms with E-state index in [2.05, 4.69) is 28.0 Å². The maximum absolute atomic E-state index is 11.2. The number of piperazine rings is 1. The predicted molar refractivity (Wildman–Crippen MR) is 98.1 cm³/mol. The third kappa shape index (κ3) is 3.18. The van der Waals surface area contributed by atoms with Crippen molar-refractivity contribution in [2.75, 3.05) is 26.2 Å². The van der Waals surface area contributed by atoms with Gasteiger partial charge < -0.3 is 10.2 Å². The van der Waals surface area contributed by atoms with Gasteiger partial charge in [-0.25, -0.2) is 4.98 Å². The highest BCUT2D eigenvalue weighted by molar-refractivity contribution is 5.68. The highest BCUT2D eigenvalue weighted by atomic mass is 16.6. The number of pyridine rings is 1. The molecule has 1 aliphatic heterocycles. The van der Waals surface area contributed by atoms with E-state index in [1.54, 1.807) is 12.1 Å². The van der Waals surface area contributed by atoms with Crippen LogP contribution in [0.1, 0.15) is 11.3 Å². The Morgan fingerprint density at radius 2 is 2.08 bits per heavy atom. The van der Waals surface area contributed by atoms with Crippen LogP contribution in [-0.4, -0.2) is 40.5 Å². The second-order valence-electron chi connectivity index (χ2n) is 6.94. The summed E-state index contributed by atoms with van der Waals surface area (Å²) < 4.78 is 2.13. The highest BCUT2D eigenvalue weighted by Gasteiger charge is 2.23. The molecule has 2 aromatic heterocycles. The fraction of sp³-hybridized carbons (Fsp3) is 0.316. The molecule has 0 aliphatic carbocycles. The van der Waals surface area contributed by atoms with Crippen molar-refractivity contribution in [3.8, 4) is 11.3 Å². The van der Waals surface area contributed by atoms with Gasteiger partial charge >= 0.3 is 0 Å². The summed E-state index contributed by atoms with van der Waals surface area (Å²) in [5.74, 6) is 0. The van der Waals surface area contributed by atoms with E-state index in [9.17, 15) is 10.1 Å². The summed E-state index contributed by atoms with van der Waals surface area (Å²) in [6.45, 7) is 7.43. The van der Waals surface area contributed by atoms with Crippen LogP contribution in [0.15, 0.2) is 42.6 Å². The van der Waals surface area contributed by atoms with E-state index in [1.807, 2.05) is 13.0 Å². The number of hydrogen-bond acceptors (Lipinski definition) is 3. The smallest absolute Gasteiger partial charge is 0.270 e. The Kier molecular flexibility index (Phi) is 4.40. The molecular formula is C19H23N5O2+2. The molecule has 0 radical (unpaired) electrons. The molecule has 3 heterocycles. The SMILES string of the molecule is Cc1ccn2c(C[NH+]3CC[NH2+]CC3)c(-c3cccc([N+](=O)[O-])c3)nc2c1. The average Bonchev–Trinajstić information content (AvgIpc) is 3.00. The van der Waals surface area contributed by atoms with Crippen molar-refractivity contribution in [1.29, 1.82) is 0 Å². The van der Waals surface area contributed by atoms with Crippen molar-refractivity contribution in [3.05, 3.63) is 64.0 Å². The number of nitro benzene ring substituents is 1. The van der Waals surface area contributed by atoms with Crippen molar-refractivity contribution >= 4 is 11.3 Å². The van der Waals surface area contributed by atoms with Crippen molar-refractivity contribution in [3.63, 3.8) is 0 Å². The summed E-state index contributed by atoms with van der Waals surface area (Å²) in [4.78, 5) is 17.2. The van der Waals surface area contributed by atoms with Crippen LogP contribution in [0.25, 0.3) is 16.9 Å². The lowest BCUT2D eigenvalue weighted by molar-refractivity contribution is -0.958. The number of quaternary nitrogens is 2. The van der Waals surface area contributed by atoms with E-state index in [0.717, 1.165) is 60.9 Å². The zero-order valence-electron chi connectivity index (χ0n) is 14.8. The van der Waals surface area contributed by atoms with Gasteiger partial charge in [-0.05, 0) is 24.6 Å². The molecule has 0 atom stereocenters.